The number of piperazine rings is 1. The van der Waals surface area contributed by atoms with Crippen LogP contribution in [0.25, 0.3) is 0 Å². The first kappa shape index (κ1) is 21.9. The Bertz CT molecular complexity index is 814. The van der Waals surface area contributed by atoms with Crippen molar-refractivity contribution in [3.8, 4) is 0 Å². The van der Waals surface area contributed by atoms with Crippen molar-refractivity contribution < 1.29 is 14.0 Å². The normalized spacial score (nSPS) is 14.7. The van der Waals surface area contributed by atoms with Gasteiger partial charge in [0.2, 0.25) is 0 Å². The molecule has 0 atom stereocenters. The number of rotatable bonds is 8. The van der Waals surface area contributed by atoms with Crippen LogP contribution in [0.5, 0.6) is 0 Å². The average Bonchev–Trinajstić information content (AvgIpc) is 3.25. The lowest BCUT2D eigenvalue weighted by atomic mass is 10.1. The number of likely N-dealkylation sites (N-methyl/N-ethyl adjacent to an activating group) is 1. The molecule has 1 saturated heterocycles. The molecule has 30 heavy (non-hydrogen) atoms. The van der Waals surface area contributed by atoms with E-state index in [1.54, 1.807) is 12.3 Å². The van der Waals surface area contributed by atoms with Gasteiger partial charge in [0.15, 0.2) is 0 Å². The molecule has 1 aromatic carbocycles. The largest absolute Gasteiger partial charge is 0.468 e. The minimum Gasteiger partial charge on any atom is -0.468 e. The Morgan fingerprint density at radius 2 is 1.87 bits per heavy atom. The van der Waals surface area contributed by atoms with Crippen LogP contribution in [-0.2, 0) is 13.1 Å². The molecule has 1 aromatic heterocycles. The monoisotopic (exact) mass is 413 g/mol. The zero-order chi connectivity index (χ0) is 21.3. The smallest absolute Gasteiger partial charge is 0.317 e. The predicted molar refractivity (Wildman–Crippen MR) is 115 cm³/mol. The van der Waals surface area contributed by atoms with Crippen molar-refractivity contribution in [2.45, 2.75) is 13.1 Å². The van der Waals surface area contributed by atoms with Crippen LogP contribution in [0.1, 0.15) is 21.7 Å². The number of hydrogen-bond acceptors (Lipinski definition) is 5. The lowest BCUT2D eigenvalue weighted by molar-refractivity contribution is 0.0951. The Labute approximate surface area is 177 Å². The number of nitrogens with zero attached hydrogens (tertiary/aromatic N) is 3. The maximum Gasteiger partial charge on any atom is 0.317 e. The summed E-state index contributed by atoms with van der Waals surface area (Å²) in [5, 5.41) is 5.87. The highest BCUT2D eigenvalue weighted by Crippen LogP contribution is 2.10. The summed E-state index contributed by atoms with van der Waals surface area (Å²) in [7, 11) is 3.93. The van der Waals surface area contributed by atoms with Gasteiger partial charge in [-0.3, -0.25) is 9.69 Å². The minimum atomic E-state index is -0.0993. The number of nitrogens with one attached hydrogen (secondary N) is 2. The molecule has 0 spiro atoms. The fourth-order valence-corrected chi connectivity index (χ4v) is 3.34. The van der Waals surface area contributed by atoms with Gasteiger partial charge in [0.05, 0.1) is 12.8 Å². The molecule has 0 aliphatic carbocycles. The van der Waals surface area contributed by atoms with Crippen molar-refractivity contribution in [3.63, 3.8) is 0 Å². The van der Waals surface area contributed by atoms with Gasteiger partial charge in [0.1, 0.15) is 5.76 Å². The van der Waals surface area contributed by atoms with Crippen molar-refractivity contribution >= 4 is 11.9 Å². The first-order chi connectivity index (χ1) is 14.5. The standard InChI is InChI=1S/C22H31N5O3/c1-25(2)9-8-23-21(28)19-6-3-5-18(15-19)16-24-22(29)27-12-10-26(11-13-27)17-20-7-4-14-30-20/h3-7,14-15H,8-13,16-17H2,1-2H3,(H,23,28)(H,24,29). The van der Waals surface area contributed by atoms with Crippen molar-refractivity contribution in [1.82, 2.24) is 25.3 Å². The summed E-state index contributed by atoms with van der Waals surface area (Å²) in [4.78, 5) is 30.9. The lowest BCUT2D eigenvalue weighted by Crippen LogP contribution is -2.51. The van der Waals surface area contributed by atoms with E-state index in [2.05, 4.69) is 15.5 Å². The summed E-state index contributed by atoms with van der Waals surface area (Å²) < 4.78 is 5.39. The molecule has 0 saturated carbocycles. The van der Waals surface area contributed by atoms with Gasteiger partial charge in [-0.2, -0.15) is 0 Å². The lowest BCUT2D eigenvalue weighted by Gasteiger charge is -2.34. The summed E-state index contributed by atoms with van der Waals surface area (Å²) in [6.45, 7) is 5.54. The molecule has 3 amide bonds. The third kappa shape index (κ3) is 6.60. The average molecular weight is 414 g/mol. The zero-order valence-corrected chi connectivity index (χ0v) is 17.8. The number of carbonyl (C=O) groups is 2. The third-order valence-electron chi connectivity index (χ3n) is 5.10. The quantitative estimate of drug-likeness (QED) is 0.687. The van der Waals surface area contributed by atoms with E-state index >= 15 is 0 Å². The van der Waals surface area contributed by atoms with Crippen molar-refractivity contribution in [1.29, 1.82) is 0 Å². The Morgan fingerprint density at radius 3 is 2.57 bits per heavy atom. The van der Waals surface area contributed by atoms with Crippen molar-refractivity contribution in [2.75, 3.05) is 53.4 Å². The number of carbonyl (C=O) groups excluding carboxylic acids is 2. The molecule has 3 rings (SSSR count). The zero-order valence-electron chi connectivity index (χ0n) is 17.8. The fourth-order valence-electron chi connectivity index (χ4n) is 3.34. The SMILES string of the molecule is CN(C)CCNC(=O)c1cccc(CNC(=O)N2CCN(Cc3ccco3)CC2)c1. The van der Waals surface area contributed by atoms with E-state index in [-0.39, 0.29) is 11.9 Å². The Balaban J connectivity index is 1.42. The van der Waals surface area contributed by atoms with Crippen LogP contribution in [-0.4, -0.2) is 80.0 Å². The van der Waals surface area contributed by atoms with Crippen LogP contribution in [0.15, 0.2) is 47.1 Å². The molecule has 0 unspecified atom stereocenters. The van der Waals surface area contributed by atoms with Crippen molar-refractivity contribution in [2.24, 2.45) is 0 Å². The van der Waals surface area contributed by atoms with E-state index in [0.29, 0.717) is 31.7 Å². The predicted octanol–water partition coefficient (Wildman–Crippen LogP) is 1.60. The Morgan fingerprint density at radius 1 is 1.07 bits per heavy atom. The van der Waals surface area contributed by atoms with Gasteiger partial charge in [-0.25, -0.2) is 4.79 Å². The summed E-state index contributed by atoms with van der Waals surface area (Å²) in [6, 6.07) is 11.2. The van der Waals surface area contributed by atoms with Gasteiger partial charge in [-0.05, 0) is 43.9 Å². The molecule has 0 bridgehead atoms. The fraction of sp³-hybridized carbons (Fsp3) is 0.455. The van der Waals surface area contributed by atoms with Crippen LogP contribution >= 0.6 is 0 Å². The van der Waals surface area contributed by atoms with Crippen LogP contribution in [0.3, 0.4) is 0 Å². The van der Waals surface area contributed by atoms with E-state index in [0.717, 1.165) is 37.5 Å². The number of amides is 3. The molecule has 2 heterocycles. The van der Waals surface area contributed by atoms with Crippen LogP contribution in [0, 0.1) is 0 Å². The van der Waals surface area contributed by atoms with Gasteiger partial charge in [-0.1, -0.05) is 12.1 Å². The summed E-state index contributed by atoms with van der Waals surface area (Å²) in [6.07, 6.45) is 1.68. The van der Waals surface area contributed by atoms with E-state index < -0.39 is 0 Å². The van der Waals surface area contributed by atoms with Gasteiger partial charge in [0, 0.05) is 51.4 Å². The van der Waals surface area contributed by atoms with Gasteiger partial charge in [-0.15, -0.1) is 0 Å². The van der Waals surface area contributed by atoms with E-state index in [1.165, 1.54) is 0 Å². The van der Waals surface area contributed by atoms with Gasteiger partial charge < -0.3 is 24.9 Å². The molecule has 2 aromatic rings. The molecule has 1 aliphatic heterocycles. The summed E-state index contributed by atoms with van der Waals surface area (Å²) in [5.74, 6) is 0.844. The Hall–Kier alpha value is -2.84. The molecule has 0 radical (unpaired) electrons. The van der Waals surface area contributed by atoms with E-state index in [1.807, 2.05) is 54.2 Å². The van der Waals surface area contributed by atoms with Crippen LogP contribution in [0.4, 0.5) is 4.79 Å². The molecular weight excluding hydrogens is 382 g/mol. The molecule has 2 N–H and O–H groups in total. The Kier molecular flexibility index (Phi) is 7.87. The number of furan rings is 1. The molecule has 8 heteroatoms. The highest BCUT2D eigenvalue weighted by molar-refractivity contribution is 5.94. The second-order valence-corrected chi connectivity index (χ2v) is 7.76. The van der Waals surface area contributed by atoms with Gasteiger partial charge in [0.25, 0.3) is 5.91 Å². The second kappa shape index (κ2) is 10.8. The molecule has 162 valence electrons. The molecule has 1 aliphatic rings. The van der Waals surface area contributed by atoms with Gasteiger partial charge >= 0.3 is 6.03 Å². The first-order valence-corrected chi connectivity index (χ1v) is 10.3. The minimum absolute atomic E-state index is 0.0755. The second-order valence-electron chi connectivity index (χ2n) is 7.76. The number of hydrogen-bond donors (Lipinski definition) is 2. The maximum atomic E-state index is 12.5. The maximum absolute atomic E-state index is 12.5. The third-order valence-corrected chi connectivity index (χ3v) is 5.10. The number of urea groups is 1. The topological polar surface area (TPSA) is 81.1 Å². The van der Waals surface area contributed by atoms with Crippen molar-refractivity contribution in [3.05, 3.63) is 59.5 Å². The van der Waals surface area contributed by atoms with E-state index in [4.69, 9.17) is 4.42 Å². The summed E-state index contributed by atoms with van der Waals surface area (Å²) in [5.41, 5.74) is 1.51. The molecular formula is C22H31N5O3. The summed E-state index contributed by atoms with van der Waals surface area (Å²) >= 11 is 0. The molecule has 1 fully saturated rings. The highest BCUT2D eigenvalue weighted by Gasteiger charge is 2.21. The van der Waals surface area contributed by atoms with Crippen LogP contribution < -0.4 is 10.6 Å². The highest BCUT2D eigenvalue weighted by atomic mass is 16.3. The first-order valence-electron chi connectivity index (χ1n) is 10.3. The molecule has 8 nitrogen and oxygen atoms in total. The number of benzene rings is 1. The van der Waals surface area contributed by atoms with Crippen LogP contribution in [0.2, 0.25) is 0 Å². The van der Waals surface area contributed by atoms with E-state index in [9.17, 15) is 9.59 Å².